The third-order valence-corrected chi connectivity index (χ3v) is 5.90. The number of alkyl carbamates (subject to hydrolysis) is 1. The van der Waals surface area contributed by atoms with Crippen LogP contribution in [0.25, 0.3) is 0 Å². The van der Waals surface area contributed by atoms with E-state index in [1.807, 2.05) is 74.5 Å². The predicted molar refractivity (Wildman–Crippen MR) is 145 cm³/mol. The molecule has 2 aromatic rings. The lowest BCUT2D eigenvalue weighted by molar-refractivity contribution is -0.128. The summed E-state index contributed by atoms with van der Waals surface area (Å²) in [5, 5.41) is 17.0. The number of aliphatic hydroxyl groups excluding tert-OH is 1. The summed E-state index contributed by atoms with van der Waals surface area (Å²) in [5.41, 5.74) is 1.19. The van der Waals surface area contributed by atoms with E-state index < -0.39 is 35.8 Å². The first-order valence-electron chi connectivity index (χ1n) is 13.0. The maximum atomic E-state index is 13.3. The lowest BCUT2D eigenvalue weighted by atomic mass is 9.88. The van der Waals surface area contributed by atoms with Gasteiger partial charge in [-0.1, -0.05) is 74.5 Å². The minimum absolute atomic E-state index is 0.0985. The zero-order valence-corrected chi connectivity index (χ0v) is 22.6. The minimum Gasteiger partial charge on any atom is -0.444 e. The molecular weight excluding hydrogens is 468 g/mol. The molecule has 202 valence electrons. The molecule has 2 aromatic carbocycles. The molecule has 0 aliphatic heterocycles. The lowest BCUT2D eigenvalue weighted by Gasteiger charge is -2.29. The van der Waals surface area contributed by atoms with E-state index in [9.17, 15) is 19.5 Å². The summed E-state index contributed by atoms with van der Waals surface area (Å²) in [5.74, 6) is -0.663. The molecule has 0 saturated heterocycles. The van der Waals surface area contributed by atoms with Gasteiger partial charge in [0.1, 0.15) is 11.9 Å². The number of carbonyl (C=O) groups excluding carboxylic acids is 3. The van der Waals surface area contributed by atoms with E-state index in [4.69, 9.17) is 4.74 Å². The highest BCUT2D eigenvalue weighted by Gasteiger charge is 2.31. The lowest BCUT2D eigenvalue weighted by Crippen LogP contribution is -2.49. The predicted octanol–water partition coefficient (Wildman–Crippen LogP) is 4.46. The number of carbonyl (C=O) groups is 3. The van der Waals surface area contributed by atoms with Crippen molar-refractivity contribution < 1.29 is 24.2 Å². The van der Waals surface area contributed by atoms with Crippen molar-refractivity contribution in [2.75, 3.05) is 0 Å². The maximum absolute atomic E-state index is 13.3. The Kier molecular flexibility index (Phi) is 11.8. The molecular formula is C30H42N2O5. The highest BCUT2D eigenvalue weighted by atomic mass is 16.6. The van der Waals surface area contributed by atoms with Crippen molar-refractivity contribution in [1.82, 2.24) is 10.6 Å². The van der Waals surface area contributed by atoms with Crippen LogP contribution in [0.4, 0.5) is 4.79 Å². The fraction of sp³-hybridized carbons (Fsp3) is 0.500. The van der Waals surface area contributed by atoms with Gasteiger partial charge in [-0.05, 0) is 63.5 Å². The summed E-state index contributed by atoms with van der Waals surface area (Å²) in [6, 6.07) is 17.8. The van der Waals surface area contributed by atoms with Crippen molar-refractivity contribution in [3.05, 3.63) is 71.8 Å². The molecule has 0 radical (unpaired) electrons. The Balaban J connectivity index is 2.25. The summed E-state index contributed by atoms with van der Waals surface area (Å²) in [7, 11) is 0. The molecule has 0 aliphatic carbocycles. The van der Waals surface area contributed by atoms with Crippen LogP contribution in [0.15, 0.2) is 60.7 Å². The van der Waals surface area contributed by atoms with Crippen molar-refractivity contribution in [2.45, 2.75) is 84.1 Å². The van der Waals surface area contributed by atoms with Gasteiger partial charge in [-0.2, -0.15) is 0 Å². The zero-order valence-electron chi connectivity index (χ0n) is 22.6. The highest BCUT2D eigenvalue weighted by Crippen LogP contribution is 2.20. The van der Waals surface area contributed by atoms with Crippen LogP contribution in [0.5, 0.6) is 0 Å². The van der Waals surface area contributed by atoms with E-state index in [0.717, 1.165) is 17.4 Å². The van der Waals surface area contributed by atoms with E-state index in [0.29, 0.717) is 19.3 Å². The van der Waals surface area contributed by atoms with Gasteiger partial charge < -0.3 is 25.3 Å². The largest absolute Gasteiger partial charge is 0.444 e. The van der Waals surface area contributed by atoms with Gasteiger partial charge in [-0.3, -0.25) is 4.79 Å². The van der Waals surface area contributed by atoms with Crippen molar-refractivity contribution in [1.29, 1.82) is 0 Å². The van der Waals surface area contributed by atoms with E-state index >= 15 is 0 Å². The smallest absolute Gasteiger partial charge is 0.407 e. The second kappa shape index (κ2) is 14.5. The number of ether oxygens (including phenoxy) is 1. The Bertz CT molecular complexity index is 972. The van der Waals surface area contributed by atoms with Crippen molar-refractivity contribution in [3.8, 4) is 0 Å². The molecule has 0 spiro atoms. The first-order chi connectivity index (χ1) is 17.5. The second-order valence-corrected chi connectivity index (χ2v) is 11.0. The van der Waals surface area contributed by atoms with Crippen LogP contribution < -0.4 is 10.6 Å². The molecule has 2 amide bonds. The van der Waals surface area contributed by atoms with Crippen LogP contribution in [0.2, 0.25) is 0 Å². The molecule has 0 heterocycles. The molecule has 3 unspecified atom stereocenters. The summed E-state index contributed by atoms with van der Waals surface area (Å²) in [4.78, 5) is 37.5. The van der Waals surface area contributed by atoms with Crippen LogP contribution in [0, 0.1) is 11.8 Å². The first kappa shape index (κ1) is 30.0. The highest BCUT2D eigenvalue weighted by molar-refractivity contribution is 5.82. The Morgan fingerprint density at radius 3 is 1.92 bits per heavy atom. The molecule has 7 heteroatoms. The maximum Gasteiger partial charge on any atom is 0.407 e. The summed E-state index contributed by atoms with van der Waals surface area (Å²) < 4.78 is 5.43. The van der Waals surface area contributed by atoms with Crippen LogP contribution >= 0.6 is 0 Å². The molecule has 37 heavy (non-hydrogen) atoms. The van der Waals surface area contributed by atoms with Gasteiger partial charge in [0.05, 0.1) is 18.2 Å². The second-order valence-electron chi connectivity index (χ2n) is 11.0. The quantitative estimate of drug-likeness (QED) is 0.345. The number of amides is 2. The fourth-order valence-corrected chi connectivity index (χ4v) is 4.20. The molecule has 2 rings (SSSR count). The van der Waals surface area contributed by atoms with E-state index in [-0.39, 0.29) is 18.2 Å². The van der Waals surface area contributed by atoms with Crippen LogP contribution in [0.1, 0.15) is 58.6 Å². The third kappa shape index (κ3) is 11.6. The normalized spacial score (nSPS) is 14.8. The minimum atomic E-state index is -1.04. The van der Waals surface area contributed by atoms with E-state index in [1.165, 1.54) is 0 Å². The molecule has 0 saturated carbocycles. The summed E-state index contributed by atoms with van der Waals surface area (Å²) in [6.07, 6.45) is 0.484. The summed E-state index contributed by atoms with van der Waals surface area (Å²) in [6.45, 7) is 9.30. The van der Waals surface area contributed by atoms with Gasteiger partial charge in [0.15, 0.2) is 0 Å². The number of hydrogen-bond donors (Lipinski definition) is 3. The molecule has 0 bridgehead atoms. The molecule has 0 aromatic heterocycles. The van der Waals surface area contributed by atoms with Crippen molar-refractivity contribution in [3.63, 3.8) is 0 Å². The SMILES string of the molecule is CC(C)CC(C=O)NC(=O)[C@H](Cc1ccccc1)CC(O)C(Cc1ccccc1)NC(=O)OC(C)(C)C. The average molecular weight is 511 g/mol. The summed E-state index contributed by atoms with van der Waals surface area (Å²) >= 11 is 0. The number of hydrogen-bond acceptors (Lipinski definition) is 5. The zero-order chi connectivity index (χ0) is 27.4. The van der Waals surface area contributed by atoms with Crippen LogP contribution in [-0.2, 0) is 27.2 Å². The number of rotatable bonds is 13. The van der Waals surface area contributed by atoms with E-state index in [2.05, 4.69) is 10.6 Å². The number of aliphatic hydroxyl groups is 1. The molecule has 0 fully saturated rings. The first-order valence-corrected chi connectivity index (χ1v) is 13.0. The third-order valence-electron chi connectivity index (χ3n) is 5.90. The molecule has 0 aliphatic rings. The molecule has 3 N–H and O–H groups in total. The van der Waals surface area contributed by atoms with Crippen LogP contribution in [0.3, 0.4) is 0 Å². The van der Waals surface area contributed by atoms with Gasteiger partial charge in [-0.15, -0.1) is 0 Å². The number of aldehydes is 1. The topological polar surface area (TPSA) is 105 Å². The molecule has 4 atom stereocenters. The van der Waals surface area contributed by atoms with E-state index in [1.54, 1.807) is 20.8 Å². The Labute approximate surface area is 221 Å². The molecule has 7 nitrogen and oxygen atoms in total. The van der Waals surface area contributed by atoms with Gasteiger partial charge in [0.25, 0.3) is 0 Å². The van der Waals surface area contributed by atoms with Crippen LogP contribution in [-0.4, -0.2) is 47.2 Å². The average Bonchev–Trinajstić information content (AvgIpc) is 2.82. The fourth-order valence-electron chi connectivity index (χ4n) is 4.20. The van der Waals surface area contributed by atoms with Gasteiger partial charge >= 0.3 is 6.09 Å². The Morgan fingerprint density at radius 1 is 0.892 bits per heavy atom. The number of benzene rings is 2. The van der Waals surface area contributed by atoms with Gasteiger partial charge in [0, 0.05) is 5.92 Å². The Hall–Kier alpha value is -3.19. The van der Waals surface area contributed by atoms with Crippen molar-refractivity contribution >= 4 is 18.3 Å². The Morgan fingerprint density at radius 2 is 1.43 bits per heavy atom. The number of nitrogens with one attached hydrogen (secondary N) is 2. The monoisotopic (exact) mass is 510 g/mol. The standard InChI is InChI=1S/C30H42N2O5/c1-21(2)16-25(20-33)31-28(35)24(17-22-12-8-6-9-13-22)19-27(34)26(18-23-14-10-7-11-15-23)32-29(36)37-30(3,4)5/h6-15,20-21,24-27,34H,16-19H2,1-5H3,(H,31,35)(H,32,36)/t24-,25?,26?,27?/m1/s1. The van der Waals surface area contributed by atoms with Gasteiger partial charge in [-0.25, -0.2) is 4.79 Å². The van der Waals surface area contributed by atoms with Gasteiger partial charge in [0.2, 0.25) is 5.91 Å². The van der Waals surface area contributed by atoms with Crippen molar-refractivity contribution in [2.24, 2.45) is 11.8 Å².